The normalized spacial score (nSPS) is 27.4. The molecule has 5 rings (SSSR count). The van der Waals surface area contributed by atoms with E-state index in [0.29, 0.717) is 36.5 Å². The van der Waals surface area contributed by atoms with Gasteiger partial charge in [0, 0.05) is 61.9 Å². The molecule has 3 heterocycles. The molecule has 3 atom stereocenters. The Bertz CT molecular complexity index is 868. The van der Waals surface area contributed by atoms with Gasteiger partial charge in [0.05, 0.1) is 13.2 Å². The number of aromatic nitrogens is 1. The third-order valence-electron chi connectivity index (χ3n) is 6.18. The first kappa shape index (κ1) is 16.8. The zero-order valence-electron chi connectivity index (χ0n) is 15.1. The van der Waals surface area contributed by atoms with Gasteiger partial charge in [-0.1, -0.05) is 24.3 Å². The molecule has 0 radical (unpaired) electrons. The fourth-order valence-electron chi connectivity index (χ4n) is 5.03. The van der Waals surface area contributed by atoms with Crippen LogP contribution in [-0.2, 0) is 4.74 Å². The fourth-order valence-corrected chi connectivity index (χ4v) is 5.03. The Morgan fingerprint density at radius 3 is 2.67 bits per heavy atom. The summed E-state index contributed by atoms with van der Waals surface area (Å²) >= 11 is 0. The number of pyridine rings is 1. The lowest BCUT2D eigenvalue weighted by molar-refractivity contribution is 0.00482. The second kappa shape index (κ2) is 6.69. The van der Waals surface area contributed by atoms with Crippen LogP contribution >= 0.6 is 0 Å². The summed E-state index contributed by atoms with van der Waals surface area (Å²) in [5.41, 5.74) is 3.13. The van der Waals surface area contributed by atoms with Crippen molar-refractivity contribution in [3.63, 3.8) is 0 Å². The Hall–Kier alpha value is -2.31. The lowest BCUT2D eigenvalue weighted by atomic mass is 9.93. The second-order valence-electron chi connectivity index (χ2n) is 7.57. The third kappa shape index (κ3) is 2.84. The van der Waals surface area contributed by atoms with Crippen molar-refractivity contribution >= 4 is 5.91 Å². The van der Waals surface area contributed by atoms with Crippen molar-refractivity contribution in [2.45, 2.75) is 12.0 Å². The second-order valence-corrected chi connectivity index (χ2v) is 7.57. The molecule has 140 valence electrons. The topological polar surface area (TPSA) is 45.7 Å². The van der Waals surface area contributed by atoms with Gasteiger partial charge in [0.2, 0.25) is 5.95 Å². The molecule has 2 fully saturated rings. The summed E-state index contributed by atoms with van der Waals surface area (Å²) in [6.07, 6.45) is 1.35. The van der Waals surface area contributed by atoms with E-state index in [0.717, 1.165) is 26.3 Å². The van der Waals surface area contributed by atoms with E-state index >= 15 is 0 Å². The van der Waals surface area contributed by atoms with Gasteiger partial charge in [-0.05, 0) is 17.2 Å². The number of hydrogen-bond acceptors (Lipinski definition) is 4. The lowest BCUT2D eigenvalue weighted by Crippen LogP contribution is -2.42. The van der Waals surface area contributed by atoms with Crippen molar-refractivity contribution < 1.29 is 13.9 Å². The zero-order valence-corrected chi connectivity index (χ0v) is 15.1. The molecule has 2 aromatic rings. The van der Waals surface area contributed by atoms with E-state index in [2.05, 4.69) is 34.1 Å². The molecule has 0 bridgehead atoms. The summed E-state index contributed by atoms with van der Waals surface area (Å²) in [4.78, 5) is 20.9. The maximum atomic E-state index is 13.4. The molecule has 0 N–H and O–H groups in total. The number of halogens is 1. The third-order valence-corrected chi connectivity index (χ3v) is 6.18. The maximum absolute atomic E-state index is 13.4. The van der Waals surface area contributed by atoms with E-state index in [9.17, 15) is 9.18 Å². The summed E-state index contributed by atoms with van der Waals surface area (Å²) < 4.78 is 19.0. The Labute approximate surface area is 157 Å². The Morgan fingerprint density at radius 1 is 1.11 bits per heavy atom. The minimum Gasteiger partial charge on any atom is -0.379 e. The van der Waals surface area contributed by atoms with E-state index in [-0.39, 0.29) is 5.91 Å². The van der Waals surface area contributed by atoms with Crippen LogP contribution < -0.4 is 0 Å². The van der Waals surface area contributed by atoms with Gasteiger partial charge in [-0.2, -0.15) is 4.39 Å². The van der Waals surface area contributed by atoms with Crippen LogP contribution in [0.25, 0.3) is 0 Å². The SMILES string of the molecule is O=C(c1ccnc(F)c1)N1C[C@H]2[C@@H](C1)c1ccccc1[C@@H]2N1CCOCC1. The van der Waals surface area contributed by atoms with Gasteiger partial charge in [-0.15, -0.1) is 0 Å². The number of ether oxygens (including phenoxy) is 1. The molecule has 1 aromatic carbocycles. The van der Waals surface area contributed by atoms with Crippen molar-refractivity contribution in [2.24, 2.45) is 5.92 Å². The number of morpholine rings is 1. The molecule has 5 nitrogen and oxygen atoms in total. The van der Waals surface area contributed by atoms with Crippen LogP contribution in [0.3, 0.4) is 0 Å². The van der Waals surface area contributed by atoms with E-state index in [1.807, 2.05) is 4.90 Å². The van der Waals surface area contributed by atoms with E-state index in [4.69, 9.17) is 4.74 Å². The summed E-state index contributed by atoms with van der Waals surface area (Å²) in [6.45, 7) is 4.75. The first-order valence-electron chi connectivity index (χ1n) is 9.54. The monoisotopic (exact) mass is 367 g/mol. The summed E-state index contributed by atoms with van der Waals surface area (Å²) in [5.74, 6) is -0.0125. The zero-order chi connectivity index (χ0) is 18.4. The van der Waals surface area contributed by atoms with Gasteiger partial charge in [-0.3, -0.25) is 9.69 Å². The molecule has 0 saturated carbocycles. The summed E-state index contributed by atoms with van der Waals surface area (Å²) in [7, 11) is 0. The highest BCUT2D eigenvalue weighted by Gasteiger charge is 2.49. The van der Waals surface area contributed by atoms with Gasteiger partial charge in [0.15, 0.2) is 0 Å². The van der Waals surface area contributed by atoms with Gasteiger partial charge >= 0.3 is 0 Å². The number of carbonyl (C=O) groups excluding carboxylic acids is 1. The highest BCUT2D eigenvalue weighted by atomic mass is 19.1. The average Bonchev–Trinajstić information content (AvgIpc) is 3.25. The number of benzene rings is 1. The molecular weight excluding hydrogens is 345 g/mol. The predicted octanol–water partition coefficient (Wildman–Crippen LogP) is 2.46. The minimum absolute atomic E-state index is 0.107. The standard InChI is InChI=1S/C21H22FN3O2/c22-19-11-14(5-6-23-19)21(26)25-12-17-15-3-1-2-4-16(15)20(18(17)13-25)24-7-9-27-10-8-24/h1-6,11,17-18,20H,7-10,12-13H2/t17-,18-,20-/m0/s1. The highest BCUT2D eigenvalue weighted by molar-refractivity contribution is 5.94. The molecular formula is C21H22FN3O2. The lowest BCUT2D eigenvalue weighted by Gasteiger charge is -2.36. The van der Waals surface area contributed by atoms with Gasteiger partial charge in [0.25, 0.3) is 5.91 Å². The minimum atomic E-state index is -0.614. The van der Waals surface area contributed by atoms with Gasteiger partial charge in [-0.25, -0.2) is 4.98 Å². The van der Waals surface area contributed by atoms with Crippen molar-refractivity contribution in [1.29, 1.82) is 0 Å². The molecule has 0 spiro atoms. The number of fused-ring (bicyclic) bond motifs is 3. The number of rotatable bonds is 2. The van der Waals surface area contributed by atoms with Crippen LogP contribution in [0.4, 0.5) is 4.39 Å². The summed E-state index contributed by atoms with van der Waals surface area (Å²) in [6, 6.07) is 11.8. The predicted molar refractivity (Wildman–Crippen MR) is 97.9 cm³/mol. The van der Waals surface area contributed by atoms with Crippen LogP contribution in [0.5, 0.6) is 0 Å². The first-order valence-corrected chi connectivity index (χ1v) is 9.54. The molecule has 2 aliphatic heterocycles. The van der Waals surface area contributed by atoms with Crippen molar-refractivity contribution in [2.75, 3.05) is 39.4 Å². The van der Waals surface area contributed by atoms with Gasteiger partial charge < -0.3 is 9.64 Å². The van der Waals surface area contributed by atoms with Crippen molar-refractivity contribution in [3.8, 4) is 0 Å². The number of carbonyl (C=O) groups is 1. The van der Waals surface area contributed by atoms with Crippen molar-refractivity contribution in [3.05, 3.63) is 65.2 Å². The number of hydrogen-bond donors (Lipinski definition) is 0. The molecule has 0 unspecified atom stereocenters. The van der Waals surface area contributed by atoms with Crippen LogP contribution in [-0.4, -0.2) is 60.1 Å². The van der Waals surface area contributed by atoms with Crippen LogP contribution in [0.1, 0.15) is 33.4 Å². The number of amides is 1. The molecule has 2 saturated heterocycles. The molecule has 1 aliphatic carbocycles. The van der Waals surface area contributed by atoms with E-state index in [1.165, 1.54) is 23.4 Å². The maximum Gasteiger partial charge on any atom is 0.254 e. The number of nitrogens with zero attached hydrogens (tertiary/aromatic N) is 3. The van der Waals surface area contributed by atoms with Crippen molar-refractivity contribution in [1.82, 2.24) is 14.8 Å². The molecule has 6 heteroatoms. The van der Waals surface area contributed by atoms with E-state index < -0.39 is 5.95 Å². The highest BCUT2D eigenvalue weighted by Crippen LogP contribution is 2.51. The molecule has 3 aliphatic rings. The smallest absolute Gasteiger partial charge is 0.254 e. The molecule has 1 aromatic heterocycles. The average molecular weight is 367 g/mol. The van der Waals surface area contributed by atoms with Crippen LogP contribution in [0.2, 0.25) is 0 Å². The first-order chi connectivity index (χ1) is 13.2. The van der Waals surface area contributed by atoms with Crippen LogP contribution in [0.15, 0.2) is 42.6 Å². The quantitative estimate of drug-likeness (QED) is 0.765. The van der Waals surface area contributed by atoms with E-state index in [1.54, 1.807) is 6.07 Å². The van der Waals surface area contributed by atoms with Crippen LogP contribution in [0, 0.1) is 11.9 Å². The van der Waals surface area contributed by atoms with Gasteiger partial charge in [0.1, 0.15) is 0 Å². The Morgan fingerprint density at radius 2 is 1.89 bits per heavy atom. The summed E-state index contributed by atoms with van der Waals surface area (Å²) in [5, 5.41) is 0. The number of likely N-dealkylation sites (tertiary alicyclic amines) is 1. The molecule has 27 heavy (non-hydrogen) atoms. The largest absolute Gasteiger partial charge is 0.379 e. The molecule has 1 amide bonds. The Kier molecular flexibility index (Phi) is 4.17. The fraction of sp³-hybridized carbons (Fsp3) is 0.429. The Balaban J connectivity index is 1.44.